The number of nitrogen functional groups attached to an aromatic ring is 1. The third kappa shape index (κ3) is 4.52. The molecule has 3 aromatic rings. The monoisotopic (exact) mass is 483 g/mol. The van der Waals surface area contributed by atoms with E-state index in [-0.39, 0.29) is 22.7 Å². The summed E-state index contributed by atoms with van der Waals surface area (Å²) in [4.78, 5) is 26.2. The number of hydrogen-bond donors (Lipinski definition) is 2. The molecule has 2 heterocycles. The molecule has 8 heteroatoms. The molecule has 1 saturated carbocycles. The van der Waals surface area contributed by atoms with Gasteiger partial charge in [-0.25, -0.2) is 4.68 Å². The first-order chi connectivity index (χ1) is 17.4. The Kier molecular flexibility index (Phi) is 6.15. The van der Waals surface area contributed by atoms with Gasteiger partial charge >= 0.3 is 0 Å². The summed E-state index contributed by atoms with van der Waals surface area (Å²) in [7, 11) is 0. The van der Waals surface area contributed by atoms with Crippen molar-refractivity contribution < 1.29 is 14.3 Å². The topological polar surface area (TPSA) is 116 Å². The molecule has 2 amide bonds. The van der Waals surface area contributed by atoms with Crippen molar-refractivity contribution in [1.82, 2.24) is 14.7 Å². The number of carbonyl (C=O) groups excluding carboxylic acids is 2. The quantitative estimate of drug-likeness (QED) is 0.519. The Morgan fingerprint density at radius 2 is 1.81 bits per heavy atom. The fourth-order valence-electron chi connectivity index (χ4n) is 5.53. The van der Waals surface area contributed by atoms with Gasteiger partial charge in [-0.1, -0.05) is 24.1 Å². The molecule has 1 aliphatic heterocycles. The third-order valence-electron chi connectivity index (χ3n) is 7.18. The summed E-state index contributed by atoms with van der Waals surface area (Å²) in [5, 5.41) is 4.69. The minimum absolute atomic E-state index is 0.0925. The first kappa shape index (κ1) is 23.5. The number of benzene rings is 2. The Balaban J connectivity index is 1.29. The van der Waals surface area contributed by atoms with Crippen molar-refractivity contribution in [2.75, 3.05) is 18.8 Å². The number of nitrogens with two attached hydrogens (primary N) is 2. The molecule has 0 radical (unpaired) electrons. The zero-order valence-corrected chi connectivity index (χ0v) is 20.2. The number of amides is 2. The number of aromatic nitrogens is 2. The molecule has 36 heavy (non-hydrogen) atoms. The van der Waals surface area contributed by atoms with E-state index in [0.29, 0.717) is 23.9 Å². The van der Waals surface area contributed by atoms with E-state index in [9.17, 15) is 9.59 Å². The summed E-state index contributed by atoms with van der Waals surface area (Å²) in [6.07, 6.45) is 2.97. The second kappa shape index (κ2) is 9.42. The molecule has 8 nitrogen and oxygen atoms in total. The number of nitrogens with zero attached hydrogens (tertiary/aromatic N) is 3. The lowest BCUT2D eigenvalue weighted by molar-refractivity contribution is -0.125. The van der Waals surface area contributed by atoms with Crippen molar-refractivity contribution in [2.45, 2.75) is 32.7 Å². The average molecular weight is 484 g/mol. The normalized spacial score (nSPS) is 20.5. The van der Waals surface area contributed by atoms with E-state index < -0.39 is 5.91 Å². The van der Waals surface area contributed by atoms with Crippen LogP contribution in [0.5, 0.6) is 11.5 Å². The van der Waals surface area contributed by atoms with Gasteiger partial charge in [0.25, 0.3) is 11.8 Å². The van der Waals surface area contributed by atoms with Crippen LogP contribution >= 0.6 is 0 Å². The van der Waals surface area contributed by atoms with Crippen LogP contribution in [0, 0.1) is 23.2 Å². The van der Waals surface area contributed by atoms with Gasteiger partial charge in [0.15, 0.2) is 0 Å². The maximum absolute atomic E-state index is 12.3. The summed E-state index contributed by atoms with van der Waals surface area (Å²) in [5.74, 6) is 6.69. The van der Waals surface area contributed by atoms with E-state index in [1.807, 2.05) is 59.5 Å². The smallest absolute Gasteiger partial charge is 0.298 e. The molecule has 2 aromatic carbocycles. The van der Waals surface area contributed by atoms with E-state index in [4.69, 9.17) is 16.2 Å². The van der Waals surface area contributed by atoms with Crippen molar-refractivity contribution >= 4 is 17.6 Å². The number of ether oxygens (including phenoxy) is 1. The molecule has 2 fully saturated rings. The first-order valence-corrected chi connectivity index (χ1v) is 12.1. The lowest BCUT2D eigenvalue weighted by atomic mass is 9.61. The van der Waals surface area contributed by atoms with Crippen LogP contribution in [0.3, 0.4) is 0 Å². The van der Waals surface area contributed by atoms with Crippen molar-refractivity contribution in [1.29, 1.82) is 0 Å². The number of hydrogen-bond acceptors (Lipinski definition) is 5. The van der Waals surface area contributed by atoms with Gasteiger partial charge in [0.2, 0.25) is 0 Å². The van der Waals surface area contributed by atoms with E-state index in [0.717, 1.165) is 43.7 Å². The van der Waals surface area contributed by atoms with Crippen LogP contribution in [0.1, 0.15) is 36.5 Å². The molecular formula is C28H29N5O3. The van der Waals surface area contributed by atoms with E-state index in [1.165, 1.54) is 0 Å². The maximum atomic E-state index is 12.3. The van der Waals surface area contributed by atoms with E-state index in [2.05, 4.69) is 16.9 Å². The summed E-state index contributed by atoms with van der Waals surface area (Å²) in [6.45, 7) is 3.79. The van der Waals surface area contributed by atoms with Gasteiger partial charge in [-0.2, -0.15) is 5.10 Å². The summed E-state index contributed by atoms with van der Waals surface area (Å²) in [6, 6.07) is 16.9. The van der Waals surface area contributed by atoms with Crippen molar-refractivity contribution in [3.63, 3.8) is 0 Å². The maximum Gasteiger partial charge on any atom is 0.298 e. The molecular weight excluding hydrogens is 454 g/mol. The fourth-order valence-corrected chi connectivity index (χ4v) is 5.53. The Labute approximate surface area is 210 Å². The predicted octanol–water partition coefficient (Wildman–Crippen LogP) is 3.68. The van der Waals surface area contributed by atoms with Gasteiger partial charge in [0.05, 0.1) is 0 Å². The van der Waals surface area contributed by atoms with Crippen LogP contribution in [0.2, 0.25) is 0 Å². The molecule has 1 spiro atoms. The number of rotatable bonds is 6. The highest BCUT2D eigenvalue weighted by Gasteiger charge is 2.49. The van der Waals surface area contributed by atoms with Crippen molar-refractivity contribution in [3.05, 3.63) is 60.2 Å². The van der Waals surface area contributed by atoms with Crippen LogP contribution in [0.15, 0.2) is 54.6 Å². The summed E-state index contributed by atoms with van der Waals surface area (Å²) >= 11 is 0. The number of anilines is 1. The molecule has 2 aliphatic rings. The zero-order chi connectivity index (χ0) is 25.3. The molecule has 184 valence electrons. The largest absolute Gasteiger partial charge is 0.457 e. The molecule has 1 aliphatic carbocycles. The average Bonchev–Trinajstić information content (AvgIpc) is 3.43. The second-order valence-corrected chi connectivity index (χ2v) is 9.72. The van der Waals surface area contributed by atoms with E-state index in [1.54, 1.807) is 11.6 Å². The van der Waals surface area contributed by atoms with Crippen LogP contribution in [-0.2, 0) is 11.3 Å². The molecule has 0 unspecified atom stereocenters. The Bertz CT molecular complexity index is 1350. The van der Waals surface area contributed by atoms with Crippen LogP contribution < -0.4 is 16.2 Å². The van der Waals surface area contributed by atoms with Crippen molar-refractivity contribution in [3.8, 4) is 34.6 Å². The number of primary amides is 1. The lowest BCUT2D eigenvalue weighted by Crippen LogP contribution is -2.42. The Morgan fingerprint density at radius 3 is 2.47 bits per heavy atom. The molecule has 4 N–H and O–H groups in total. The van der Waals surface area contributed by atoms with Gasteiger partial charge in [0, 0.05) is 25.2 Å². The molecule has 5 rings (SSSR count). The Morgan fingerprint density at radius 1 is 1.11 bits per heavy atom. The van der Waals surface area contributed by atoms with Crippen LogP contribution in [0.4, 0.5) is 5.82 Å². The van der Waals surface area contributed by atoms with E-state index >= 15 is 0 Å². The predicted molar refractivity (Wildman–Crippen MR) is 137 cm³/mol. The fraction of sp³-hybridized carbons (Fsp3) is 0.321. The minimum Gasteiger partial charge on any atom is -0.457 e. The second-order valence-electron chi connectivity index (χ2n) is 9.72. The highest BCUT2D eigenvalue weighted by atomic mass is 16.5. The molecule has 1 aromatic heterocycles. The molecule has 0 bridgehead atoms. The Hall–Kier alpha value is -4.25. The minimum atomic E-state index is -0.606. The summed E-state index contributed by atoms with van der Waals surface area (Å²) < 4.78 is 7.55. The summed E-state index contributed by atoms with van der Waals surface area (Å²) in [5.41, 5.74) is 13.6. The van der Waals surface area contributed by atoms with Crippen LogP contribution in [0.25, 0.3) is 11.3 Å². The molecule has 0 atom stereocenters. The number of para-hydroxylation sites is 1. The standard InChI is InChI=1S/C28H29N5O3/c1-2-6-23(34)32-14-13-28(18-32)15-19(16-28)17-33-26(29)24(27(30)35)25(31-33)20-9-11-22(12-10-20)36-21-7-4-3-5-8-21/h3-5,7-12,19H,13-18,29H2,1H3,(H2,30,35). The number of likely N-dealkylation sites (tertiary alicyclic amines) is 1. The van der Waals surface area contributed by atoms with Gasteiger partial charge < -0.3 is 21.1 Å². The lowest BCUT2D eigenvalue weighted by Gasteiger charge is -2.45. The third-order valence-corrected chi connectivity index (χ3v) is 7.18. The number of carbonyl (C=O) groups is 2. The van der Waals surface area contributed by atoms with Gasteiger partial charge in [0.1, 0.15) is 28.6 Å². The highest BCUT2D eigenvalue weighted by Crippen LogP contribution is 2.52. The van der Waals surface area contributed by atoms with Crippen LogP contribution in [-0.4, -0.2) is 39.6 Å². The molecule has 1 saturated heterocycles. The SMILES string of the molecule is CC#CC(=O)N1CCC2(CC(Cn3nc(-c4ccc(Oc5ccccc5)cc4)c(C(N)=O)c3N)C2)C1. The zero-order valence-electron chi connectivity index (χ0n) is 20.2. The highest BCUT2D eigenvalue weighted by molar-refractivity contribution is 6.03. The van der Waals surface area contributed by atoms with Gasteiger partial charge in [-0.05, 0) is 79.8 Å². The van der Waals surface area contributed by atoms with Crippen molar-refractivity contribution in [2.24, 2.45) is 17.1 Å². The van der Waals surface area contributed by atoms with Gasteiger partial charge in [-0.15, -0.1) is 0 Å². The van der Waals surface area contributed by atoms with Gasteiger partial charge in [-0.3, -0.25) is 9.59 Å². The first-order valence-electron chi connectivity index (χ1n) is 12.1.